The number of nitrogens with zero attached hydrogens (tertiary/aromatic N) is 1. The van der Waals surface area contributed by atoms with Gasteiger partial charge in [0.25, 0.3) is 5.91 Å². The molecule has 0 bridgehead atoms. The van der Waals surface area contributed by atoms with E-state index in [0.29, 0.717) is 23.9 Å². The molecule has 1 aromatic carbocycles. The van der Waals surface area contributed by atoms with Gasteiger partial charge >= 0.3 is 5.97 Å². The van der Waals surface area contributed by atoms with E-state index in [1.165, 1.54) is 46.4 Å². The normalized spacial score (nSPS) is 15.9. The Hall–Kier alpha value is -2.93. The lowest BCUT2D eigenvalue weighted by molar-refractivity contribution is -0.142. The molecule has 0 radical (unpaired) electrons. The van der Waals surface area contributed by atoms with Gasteiger partial charge in [-0.1, -0.05) is 39.8 Å². The smallest absolute Gasteiger partial charge is 0.311 e. The number of furan rings is 1. The lowest BCUT2D eigenvalue weighted by Crippen LogP contribution is -2.34. The number of nitrogens with one attached hydrogen (secondary N) is 1. The van der Waals surface area contributed by atoms with Gasteiger partial charge in [0.1, 0.15) is 5.76 Å². The molecule has 4 rings (SSSR count). The molecule has 0 aliphatic heterocycles. The number of esters is 1. The molecule has 1 aliphatic rings. The fraction of sp³-hybridized carbons (Fsp3) is 0.464. The molecule has 0 unspecified atom stereocenters. The Balaban J connectivity index is 1.47. The lowest BCUT2D eigenvalue weighted by Gasteiger charge is -2.42. The highest BCUT2D eigenvalue weighted by Gasteiger charge is 2.37. The molecule has 0 spiro atoms. The largest absolute Gasteiger partial charge is 0.466 e. The molecule has 0 saturated carbocycles. The van der Waals surface area contributed by atoms with Gasteiger partial charge in [0.05, 0.1) is 18.7 Å². The van der Waals surface area contributed by atoms with Crippen LogP contribution in [-0.4, -0.2) is 23.5 Å². The van der Waals surface area contributed by atoms with E-state index in [2.05, 4.69) is 57.1 Å². The van der Waals surface area contributed by atoms with Gasteiger partial charge in [-0.2, -0.15) is 0 Å². The number of ether oxygens (including phenoxy) is 1. The lowest BCUT2D eigenvalue weighted by atomic mass is 9.62. The van der Waals surface area contributed by atoms with Crippen LogP contribution in [0.2, 0.25) is 0 Å². The number of aryl methyl sites for hydroxylation is 1. The summed E-state index contributed by atoms with van der Waals surface area (Å²) in [6.45, 7) is 13.6. The Labute approximate surface area is 211 Å². The summed E-state index contributed by atoms with van der Waals surface area (Å²) in [6.07, 6.45) is 3.06. The molecule has 1 amide bonds. The van der Waals surface area contributed by atoms with Gasteiger partial charge in [0, 0.05) is 11.8 Å². The number of fused-ring (bicyclic) bond motifs is 1. The Morgan fingerprint density at radius 2 is 1.80 bits per heavy atom. The first-order valence-corrected chi connectivity index (χ1v) is 13.0. The molecule has 2 heterocycles. The second-order valence-electron chi connectivity index (χ2n) is 10.6. The molecule has 0 fully saturated rings. The summed E-state index contributed by atoms with van der Waals surface area (Å²) in [6, 6.07) is 8.24. The second-order valence-corrected chi connectivity index (χ2v) is 11.5. The minimum atomic E-state index is -0.363. The van der Waals surface area contributed by atoms with Crippen LogP contribution in [0.1, 0.15) is 91.7 Å². The van der Waals surface area contributed by atoms with Crippen molar-refractivity contribution in [2.45, 2.75) is 78.1 Å². The first-order chi connectivity index (χ1) is 16.5. The minimum Gasteiger partial charge on any atom is -0.466 e. The van der Waals surface area contributed by atoms with Crippen LogP contribution in [0.15, 0.2) is 34.1 Å². The highest BCUT2D eigenvalue weighted by atomic mass is 32.1. The topological polar surface area (TPSA) is 81.4 Å². The van der Waals surface area contributed by atoms with Gasteiger partial charge in [0.15, 0.2) is 10.9 Å². The van der Waals surface area contributed by atoms with Crippen LogP contribution in [-0.2, 0) is 33.2 Å². The summed E-state index contributed by atoms with van der Waals surface area (Å²) in [5.74, 6) is 0.279. The zero-order valence-corrected chi connectivity index (χ0v) is 22.2. The molecule has 3 aromatic rings. The van der Waals surface area contributed by atoms with E-state index in [4.69, 9.17) is 9.15 Å². The average Bonchev–Trinajstić information content (AvgIpc) is 3.42. The van der Waals surface area contributed by atoms with E-state index in [1.807, 2.05) is 6.07 Å². The molecule has 7 heteroatoms. The van der Waals surface area contributed by atoms with Crippen LogP contribution in [0.5, 0.6) is 0 Å². The van der Waals surface area contributed by atoms with Gasteiger partial charge < -0.3 is 9.15 Å². The molecule has 0 saturated heterocycles. The molecule has 1 aliphatic carbocycles. The first kappa shape index (κ1) is 25.2. The van der Waals surface area contributed by atoms with E-state index < -0.39 is 0 Å². The molecule has 1 N–H and O–H groups in total. The SMILES string of the molecule is CCOC(=O)Cc1csc(NC(=O)c2ccc(Cc3cc4c(cc3C)C(C)(C)CCC4(C)C)o2)n1. The van der Waals surface area contributed by atoms with Crippen molar-refractivity contribution in [1.82, 2.24) is 4.98 Å². The molecular formula is C28H34N2O4S. The Morgan fingerprint density at radius 1 is 1.11 bits per heavy atom. The van der Waals surface area contributed by atoms with Crippen molar-refractivity contribution in [3.05, 3.63) is 69.1 Å². The van der Waals surface area contributed by atoms with Crippen molar-refractivity contribution in [3.63, 3.8) is 0 Å². The van der Waals surface area contributed by atoms with E-state index in [9.17, 15) is 9.59 Å². The number of carbonyl (C=O) groups is 2. The second kappa shape index (κ2) is 9.61. The van der Waals surface area contributed by atoms with Gasteiger partial charge in [-0.05, 0) is 71.9 Å². The summed E-state index contributed by atoms with van der Waals surface area (Å²) in [5, 5.41) is 4.91. The fourth-order valence-electron chi connectivity index (χ4n) is 4.70. The summed E-state index contributed by atoms with van der Waals surface area (Å²) < 4.78 is 10.8. The number of thiazole rings is 1. The molecule has 186 valence electrons. The molecular weight excluding hydrogens is 460 g/mol. The maximum atomic E-state index is 12.7. The number of hydrogen-bond acceptors (Lipinski definition) is 6. The van der Waals surface area contributed by atoms with Crippen molar-refractivity contribution in [2.24, 2.45) is 0 Å². The average molecular weight is 495 g/mol. The molecule has 35 heavy (non-hydrogen) atoms. The van der Waals surface area contributed by atoms with E-state index in [1.54, 1.807) is 18.4 Å². The molecule has 0 atom stereocenters. The third kappa shape index (κ3) is 5.50. The quantitative estimate of drug-likeness (QED) is 0.388. The van der Waals surface area contributed by atoms with Crippen molar-refractivity contribution < 1.29 is 18.7 Å². The van der Waals surface area contributed by atoms with Crippen molar-refractivity contribution in [2.75, 3.05) is 11.9 Å². The number of amides is 1. The Kier molecular flexibility index (Phi) is 6.91. The number of hydrogen-bond donors (Lipinski definition) is 1. The van der Waals surface area contributed by atoms with E-state index in [0.717, 1.165) is 5.76 Å². The van der Waals surface area contributed by atoms with Crippen LogP contribution in [0.4, 0.5) is 5.13 Å². The number of rotatable bonds is 7. The standard InChI is InChI=1S/C28H34N2O4S/c1-7-33-24(31)15-19-16-35-26(29-19)30-25(32)23-9-8-20(34-23)13-18-14-22-21(12-17(18)2)27(3,4)10-11-28(22,5)6/h8-9,12,14,16H,7,10-11,13,15H2,1-6H3,(H,29,30,32). The predicted octanol–water partition coefficient (Wildman–Crippen LogP) is 6.34. The maximum absolute atomic E-state index is 12.7. The van der Waals surface area contributed by atoms with E-state index >= 15 is 0 Å². The fourth-order valence-corrected chi connectivity index (χ4v) is 5.41. The van der Waals surface area contributed by atoms with Gasteiger partial charge in [-0.15, -0.1) is 11.3 Å². The van der Waals surface area contributed by atoms with Crippen molar-refractivity contribution >= 4 is 28.3 Å². The number of carbonyl (C=O) groups excluding carboxylic acids is 2. The number of aromatic nitrogens is 1. The zero-order chi connectivity index (χ0) is 25.4. The van der Waals surface area contributed by atoms with Crippen LogP contribution in [0, 0.1) is 6.92 Å². The van der Waals surface area contributed by atoms with Crippen LogP contribution in [0.3, 0.4) is 0 Å². The maximum Gasteiger partial charge on any atom is 0.311 e. The molecule has 2 aromatic heterocycles. The summed E-state index contributed by atoms with van der Waals surface area (Å²) >= 11 is 1.26. The minimum absolute atomic E-state index is 0.0826. The van der Waals surface area contributed by atoms with Gasteiger partial charge in [0.2, 0.25) is 0 Å². The Morgan fingerprint density at radius 3 is 2.49 bits per heavy atom. The van der Waals surface area contributed by atoms with Crippen molar-refractivity contribution in [1.29, 1.82) is 0 Å². The van der Waals surface area contributed by atoms with Crippen molar-refractivity contribution in [3.8, 4) is 0 Å². The number of benzene rings is 1. The van der Waals surface area contributed by atoms with Crippen LogP contribution >= 0.6 is 11.3 Å². The number of anilines is 1. The van der Waals surface area contributed by atoms with Gasteiger partial charge in [-0.25, -0.2) is 4.98 Å². The summed E-state index contributed by atoms with van der Waals surface area (Å²) in [5.41, 5.74) is 6.21. The predicted molar refractivity (Wildman–Crippen MR) is 138 cm³/mol. The third-order valence-electron chi connectivity index (χ3n) is 6.96. The highest BCUT2D eigenvalue weighted by molar-refractivity contribution is 7.14. The summed E-state index contributed by atoms with van der Waals surface area (Å²) in [7, 11) is 0. The van der Waals surface area contributed by atoms with E-state index in [-0.39, 0.29) is 34.9 Å². The van der Waals surface area contributed by atoms with Crippen LogP contribution < -0.4 is 5.32 Å². The first-order valence-electron chi connectivity index (χ1n) is 12.1. The summed E-state index contributed by atoms with van der Waals surface area (Å²) in [4.78, 5) is 28.6. The zero-order valence-electron chi connectivity index (χ0n) is 21.4. The molecule has 6 nitrogen and oxygen atoms in total. The Bertz CT molecular complexity index is 1250. The van der Waals surface area contributed by atoms with Gasteiger partial charge in [-0.3, -0.25) is 14.9 Å². The highest BCUT2D eigenvalue weighted by Crippen LogP contribution is 2.46. The third-order valence-corrected chi connectivity index (χ3v) is 7.77. The monoisotopic (exact) mass is 494 g/mol. The van der Waals surface area contributed by atoms with Crippen LogP contribution in [0.25, 0.3) is 0 Å².